The van der Waals surface area contributed by atoms with E-state index in [1.807, 2.05) is 6.92 Å². The fourth-order valence-corrected chi connectivity index (χ4v) is 2.69. The molecular formula is C9H16O5. The molecule has 2 saturated heterocycles. The molecule has 3 N–H and O–H groups in total. The first-order chi connectivity index (χ1) is 6.35. The third kappa shape index (κ3) is 1.07. The van der Waals surface area contributed by atoms with Crippen LogP contribution in [0.1, 0.15) is 26.7 Å². The summed E-state index contributed by atoms with van der Waals surface area (Å²) < 4.78 is 10.4. The molecule has 0 saturated carbocycles. The summed E-state index contributed by atoms with van der Waals surface area (Å²) in [5.74, 6) is -3.28. The summed E-state index contributed by atoms with van der Waals surface area (Å²) in [6.07, 6.45) is -0.152. The van der Waals surface area contributed by atoms with Gasteiger partial charge in [0, 0.05) is 6.42 Å². The second kappa shape index (κ2) is 2.68. The van der Waals surface area contributed by atoms with Crippen molar-refractivity contribution >= 4 is 0 Å². The lowest BCUT2D eigenvalue weighted by molar-refractivity contribution is -0.379. The molecule has 0 spiro atoms. The van der Waals surface area contributed by atoms with Crippen LogP contribution in [-0.4, -0.2) is 39.8 Å². The van der Waals surface area contributed by atoms with Crippen LogP contribution < -0.4 is 0 Å². The van der Waals surface area contributed by atoms with Crippen LogP contribution >= 0.6 is 0 Å². The minimum absolute atomic E-state index is 0.0197. The van der Waals surface area contributed by atoms with Crippen molar-refractivity contribution in [2.75, 3.05) is 6.61 Å². The van der Waals surface area contributed by atoms with Gasteiger partial charge < -0.3 is 20.1 Å². The monoisotopic (exact) mass is 204 g/mol. The number of ether oxygens (including phenoxy) is 2. The predicted molar refractivity (Wildman–Crippen MR) is 46.0 cm³/mol. The van der Waals surface area contributed by atoms with Gasteiger partial charge in [-0.05, 0) is 13.3 Å². The lowest BCUT2D eigenvalue weighted by Crippen LogP contribution is -2.43. The van der Waals surface area contributed by atoms with E-state index in [1.165, 1.54) is 0 Å². The maximum atomic E-state index is 9.82. The van der Waals surface area contributed by atoms with Crippen molar-refractivity contribution in [1.29, 1.82) is 0 Å². The molecule has 2 aliphatic heterocycles. The zero-order chi connectivity index (χ0) is 10.6. The van der Waals surface area contributed by atoms with Crippen LogP contribution in [0.3, 0.4) is 0 Å². The van der Waals surface area contributed by atoms with Crippen molar-refractivity contribution in [2.45, 2.75) is 44.6 Å². The minimum Gasteiger partial charge on any atom is -0.390 e. The fourth-order valence-electron chi connectivity index (χ4n) is 2.69. The molecule has 2 heterocycles. The minimum atomic E-state index is -2.19. The van der Waals surface area contributed by atoms with Gasteiger partial charge in [-0.25, -0.2) is 0 Å². The summed E-state index contributed by atoms with van der Waals surface area (Å²) in [4.78, 5) is 0. The average Bonchev–Trinajstić information content (AvgIpc) is 2.41. The van der Waals surface area contributed by atoms with Crippen LogP contribution in [0.2, 0.25) is 0 Å². The predicted octanol–water partition coefficient (Wildman–Crippen LogP) is -0.451. The molecule has 2 rings (SSSR count). The topological polar surface area (TPSA) is 79.2 Å². The smallest absolute Gasteiger partial charge is 0.281 e. The van der Waals surface area contributed by atoms with E-state index < -0.39 is 23.3 Å². The molecule has 2 aliphatic rings. The second-order valence-corrected chi connectivity index (χ2v) is 4.30. The number of fused-ring (bicyclic) bond motifs is 1. The van der Waals surface area contributed by atoms with Crippen LogP contribution in [0.4, 0.5) is 0 Å². The van der Waals surface area contributed by atoms with Gasteiger partial charge in [0.1, 0.15) is 0 Å². The molecular weight excluding hydrogens is 188 g/mol. The molecule has 0 aromatic heterocycles. The van der Waals surface area contributed by atoms with Gasteiger partial charge in [-0.15, -0.1) is 0 Å². The van der Waals surface area contributed by atoms with E-state index in [4.69, 9.17) is 9.47 Å². The Balaban J connectivity index is 2.39. The van der Waals surface area contributed by atoms with Gasteiger partial charge in [0.05, 0.1) is 18.1 Å². The largest absolute Gasteiger partial charge is 0.390 e. The standard InChI is InChI=1S/C9H16O5/c1-3-8-5-9(11,12)14-7(8,2)13-4-6(8)10/h6,10-12H,3-5H2,1-2H3/t6-,7+,8+/m1/s1. The first kappa shape index (κ1) is 10.3. The van der Waals surface area contributed by atoms with E-state index in [-0.39, 0.29) is 13.0 Å². The first-order valence-corrected chi connectivity index (χ1v) is 4.82. The number of aliphatic hydroxyl groups is 3. The summed E-state index contributed by atoms with van der Waals surface area (Å²) in [6.45, 7) is 3.70. The summed E-state index contributed by atoms with van der Waals surface area (Å²) in [5.41, 5.74) is -0.712. The molecule has 2 fully saturated rings. The van der Waals surface area contributed by atoms with E-state index in [1.54, 1.807) is 6.92 Å². The average molecular weight is 204 g/mol. The summed E-state index contributed by atoms with van der Waals surface area (Å²) >= 11 is 0. The highest BCUT2D eigenvalue weighted by atomic mass is 16.8. The Morgan fingerprint density at radius 2 is 2.07 bits per heavy atom. The van der Waals surface area contributed by atoms with Crippen molar-refractivity contribution in [3.63, 3.8) is 0 Å². The van der Waals surface area contributed by atoms with E-state index in [0.29, 0.717) is 6.42 Å². The maximum absolute atomic E-state index is 9.82. The highest BCUT2D eigenvalue weighted by molar-refractivity contribution is 5.06. The Morgan fingerprint density at radius 1 is 1.43 bits per heavy atom. The van der Waals surface area contributed by atoms with Crippen molar-refractivity contribution in [2.24, 2.45) is 5.41 Å². The molecule has 5 nitrogen and oxygen atoms in total. The van der Waals surface area contributed by atoms with E-state index in [2.05, 4.69) is 0 Å². The third-order valence-corrected chi connectivity index (χ3v) is 3.59. The zero-order valence-corrected chi connectivity index (χ0v) is 8.36. The molecule has 0 aromatic carbocycles. The van der Waals surface area contributed by atoms with Crippen LogP contribution in [0.5, 0.6) is 0 Å². The Morgan fingerprint density at radius 3 is 2.57 bits per heavy atom. The molecule has 0 radical (unpaired) electrons. The molecule has 5 heteroatoms. The Kier molecular flexibility index (Phi) is 1.97. The quantitative estimate of drug-likeness (QED) is 0.504. The third-order valence-electron chi connectivity index (χ3n) is 3.59. The molecule has 82 valence electrons. The van der Waals surface area contributed by atoms with E-state index in [0.717, 1.165) is 0 Å². The van der Waals surface area contributed by atoms with Crippen molar-refractivity contribution in [1.82, 2.24) is 0 Å². The molecule has 0 aliphatic carbocycles. The van der Waals surface area contributed by atoms with Crippen LogP contribution in [0.25, 0.3) is 0 Å². The molecule has 0 bridgehead atoms. The molecule has 14 heavy (non-hydrogen) atoms. The lowest BCUT2D eigenvalue weighted by Gasteiger charge is -2.34. The van der Waals surface area contributed by atoms with Gasteiger partial charge >= 0.3 is 0 Å². The summed E-state index contributed by atoms with van der Waals surface area (Å²) in [6, 6.07) is 0. The van der Waals surface area contributed by atoms with Crippen LogP contribution in [0.15, 0.2) is 0 Å². The maximum Gasteiger partial charge on any atom is 0.281 e. The zero-order valence-electron chi connectivity index (χ0n) is 8.36. The molecule has 0 aromatic rings. The van der Waals surface area contributed by atoms with E-state index in [9.17, 15) is 15.3 Å². The number of rotatable bonds is 1. The van der Waals surface area contributed by atoms with Crippen LogP contribution in [-0.2, 0) is 9.47 Å². The number of hydrogen-bond acceptors (Lipinski definition) is 5. The molecule has 0 amide bonds. The normalized spacial score (nSPS) is 50.8. The van der Waals surface area contributed by atoms with Gasteiger partial charge in [0.2, 0.25) is 0 Å². The van der Waals surface area contributed by atoms with Gasteiger partial charge in [-0.1, -0.05) is 6.92 Å². The Bertz CT molecular complexity index is 254. The Labute approximate surface area is 82.3 Å². The van der Waals surface area contributed by atoms with Gasteiger partial charge in [-0.2, -0.15) is 0 Å². The van der Waals surface area contributed by atoms with Gasteiger partial charge in [0.25, 0.3) is 5.97 Å². The second-order valence-electron chi connectivity index (χ2n) is 4.30. The first-order valence-electron chi connectivity index (χ1n) is 4.82. The lowest BCUT2D eigenvalue weighted by atomic mass is 9.73. The SMILES string of the molecule is CC[C@@]12CC(O)(O)O[C@]1(C)OC[C@H]2O. The van der Waals surface area contributed by atoms with Gasteiger partial charge in [0.15, 0.2) is 5.79 Å². The van der Waals surface area contributed by atoms with E-state index >= 15 is 0 Å². The Hall–Kier alpha value is -0.200. The summed E-state index contributed by atoms with van der Waals surface area (Å²) in [5, 5.41) is 28.7. The van der Waals surface area contributed by atoms with Crippen molar-refractivity contribution in [3.05, 3.63) is 0 Å². The molecule has 0 unspecified atom stereocenters. The highest BCUT2D eigenvalue weighted by Gasteiger charge is 2.69. The number of hydrogen-bond donors (Lipinski definition) is 3. The van der Waals surface area contributed by atoms with Gasteiger partial charge in [-0.3, -0.25) is 4.74 Å². The number of aliphatic hydroxyl groups excluding tert-OH is 1. The highest BCUT2D eigenvalue weighted by Crippen LogP contribution is 2.57. The fraction of sp³-hybridized carbons (Fsp3) is 1.00. The van der Waals surface area contributed by atoms with Crippen molar-refractivity contribution < 1.29 is 24.8 Å². The van der Waals surface area contributed by atoms with Crippen molar-refractivity contribution in [3.8, 4) is 0 Å². The van der Waals surface area contributed by atoms with Crippen LogP contribution in [0, 0.1) is 5.41 Å². The molecule has 3 atom stereocenters. The summed E-state index contributed by atoms with van der Waals surface area (Å²) in [7, 11) is 0.